The monoisotopic (exact) mass is 158 g/mol. The molecule has 0 spiro atoms. The van der Waals surface area contributed by atoms with E-state index >= 15 is 0 Å². The molecule has 0 aliphatic heterocycles. The summed E-state index contributed by atoms with van der Waals surface area (Å²) in [6.07, 6.45) is 5.75. The van der Waals surface area contributed by atoms with Gasteiger partial charge in [-0.3, -0.25) is 4.79 Å². The van der Waals surface area contributed by atoms with Gasteiger partial charge >= 0.3 is 0 Å². The summed E-state index contributed by atoms with van der Waals surface area (Å²) in [5, 5.41) is 0. The molecule has 0 fully saturated rings. The lowest BCUT2D eigenvalue weighted by Crippen LogP contribution is -1.98. The minimum atomic E-state index is 0.260. The molecule has 60 valence electrons. The Kier molecular flexibility index (Phi) is 1.94. The first-order chi connectivity index (χ1) is 5.88. The van der Waals surface area contributed by atoms with Crippen LogP contribution in [0.5, 0.6) is 0 Å². The van der Waals surface area contributed by atoms with Crippen LogP contribution in [-0.2, 0) is 0 Å². The van der Waals surface area contributed by atoms with Crippen LogP contribution in [0.2, 0.25) is 0 Å². The fourth-order valence-electron chi connectivity index (χ4n) is 1.49. The van der Waals surface area contributed by atoms with Crippen molar-refractivity contribution in [3.05, 3.63) is 41.8 Å². The average Bonchev–Trinajstić information content (AvgIpc) is 2.29. The number of carbonyl (C=O) groups is 1. The largest absolute Gasteiger partial charge is 0.294 e. The number of rotatable bonds is 0. The van der Waals surface area contributed by atoms with E-state index in [0.29, 0.717) is 6.42 Å². The van der Waals surface area contributed by atoms with Gasteiger partial charge in [-0.2, -0.15) is 0 Å². The minimum Gasteiger partial charge on any atom is -0.294 e. The zero-order chi connectivity index (χ0) is 8.39. The van der Waals surface area contributed by atoms with Crippen molar-refractivity contribution in [2.45, 2.75) is 19.3 Å². The van der Waals surface area contributed by atoms with Crippen molar-refractivity contribution in [3.63, 3.8) is 0 Å². The van der Waals surface area contributed by atoms with Crippen molar-refractivity contribution in [1.82, 2.24) is 0 Å². The zero-order valence-corrected chi connectivity index (χ0v) is 6.84. The molecule has 2 rings (SSSR count). The first-order valence-corrected chi connectivity index (χ1v) is 4.24. The van der Waals surface area contributed by atoms with Crippen LogP contribution in [0.25, 0.3) is 0 Å². The fraction of sp³-hybridized carbons (Fsp3) is 0.273. The highest BCUT2D eigenvalue weighted by Gasteiger charge is 2.14. The van der Waals surface area contributed by atoms with Gasteiger partial charge in [-0.25, -0.2) is 0 Å². The molecule has 0 amide bonds. The molecule has 0 heterocycles. The molecule has 0 aromatic heterocycles. The quantitative estimate of drug-likeness (QED) is 0.530. The van der Waals surface area contributed by atoms with Gasteiger partial charge in [-0.05, 0) is 18.4 Å². The van der Waals surface area contributed by atoms with Crippen molar-refractivity contribution < 1.29 is 4.79 Å². The van der Waals surface area contributed by atoms with Gasteiger partial charge in [0, 0.05) is 18.4 Å². The predicted octanol–water partition coefficient (Wildman–Crippen LogP) is 2.48. The van der Waals surface area contributed by atoms with Crippen molar-refractivity contribution >= 4 is 5.78 Å². The molecule has 0 bridgehead atoms. The van der Waals surface area contributed by atoms with Gasteiger partial charge in [0.1, 0.15) is 0 Å². The molecule has 0 saturated heterocycles. The summed E-state index contributed by atoms with van der Waals surface area (Å²) in [5.41, 5.74) is 1.83. The molecule has 2 radical (unpaired) electrons. The second-order valence-corrected chi connectivity index (χ2v) is 3.00. The Hall–Kier alpha value is -1.11. The first kappa shape index (κ1) is 7.53. The lowest BCUT2D eigenvalue weighted by Gasteiger charge is -2.00. The fourth-order valence-corrected chi connectivity index (χ4v) is 1.49. The molecule has 1 aromatic rings. The Bertz CT molecular complexity index is 302. The lowest BCUT2D eigenvalue weighted by atomic mass is 10.0. The van der Waals surface area contributed by atoms with Crippen LogP contribution >= 0.6 is 0 Å². The van der Waals surface area contributed by atoms with E-state index in [1.165, 1.54) is 0 Å². The van der Waals surface area contributed by atoms with E-state index in [1.807, 2.05) is 24.3 Å². The van der Waals surface area contributed by atoms with Crippen molar-refractivity contribution in [3.8, 4) is 0 Å². The third kappa shape index (κ3) is 1.27. The highest BCUT2D eigenvalue weighted by atomic mass is 16.1. The molecule has 0 N–H and O–H groups in total. The molecule has 0 atom stereocenters. The molecule has 0 unspecified atom stereocenters. The summed E-state index contributed by atoms with van der Waals surface area (Å²) in [7, 11) is 0. The highest BCUT2D eigenvalue weighted by Crippen LogP contribution is 2.21. The van der Waals surface area contributed by atoms with Gasteiger partial charge in [0.25, 0.3) is 0 Å². The van der Waals surface area contributed by atoms with Crippen LogP contribution in [0, 0.1) is 6.42 Å². The Balaban J connectivity index is 2.46. The van der Waals surface area contributed by atoms with Crippen molar-refractivity contribution in [2.24, 2.45) is 0 Å². The van der Waals surface area contributed by atoms with E-state index in [9.17, 15) is 4.79 Å². The average molecular weight is 158 g/mol. The molecule has 1 nitrogen and oxygen atoms in total. The van der Waals surface area contributed by atoms with Gasteiger partial charge in [0.05, 0.1) is 0 Å². The molecule has 1 aliphatic rings. The number of Topliss-reactive ketones (excluding diaryl/α,β-unsaturated/α-hetero) is 1. The van der Waals surface area contributed by atoms with Gasteiger partial charge in [-0.1, -0.05) is 24.3 Å². The van der Waals surface area contributed by atoms with E-state index in [-0.39, 0.29) is 5.78 Å². The number of fused-ring (bicyclic) bond motifs is 1. The minimum absolute atomic E-state index is 0.260. The highest BCUT2D eigenvalue weighted by molar-refractivity contribution is 5.98. The molecule has 0 saturated carbocycles. The van der Waals surface area contributed by atoms with E-state index in [1.54, 1.807) is 0 Å². The normalized spacial score (nSPS) is 16.8. The van der Waals surface area contributed by atoms with Crippen molar-refractivity contribution in [2.75, 3.05) is 0 Å². The molecular weight excluding hydrogens is 148 g/mol. The molecule has 12 heavy (non-hydrogen) atoms. The van der Waals surface area contributed by atoms with Gasteiger partial charge in [0.15, 0.2) is 5.78 Å². The number of benzene rings is 1. The maximum absolute atomic E-state index is 11.5. The first-order valence-electron chi connectivity index (χ1n) is 4.24. The number of hydrogen-bond donors (Lipinski definition) is 0. The van der Waals surface area contributed by atoms with Crippen LogP contribution in [0.3, 0.4) is 0 Å². The third-order valence-corrected chi connectivity index (χ3v) is 2.12. The van der Waals surface area contributed by atoms with Crippen LogP contribution in [0.15, 0.2) is 24.3 Å². The summed E-state index contributed by atoms with van der Waals surface area (Å²) in [6.45, 7) is 0. The van der Waals surface area contributed by atoms with E-state index in [4.69, 9.17) is 0 Å². The topological polar surface area (TPSA) is 17.1 Å². The SMILES string of the molecule is O=C1CCC[C]c2ccccc21. The standard InChI is InChI=1S/C11H10O/c12-11-8-4-2-6-9-5-1-3-7-10(9)11/h1,3,5,7H,2,4,8H2. The van der Waals surface area contributed by atoms with Gasteiger partial charge in [0.2, 0.25) is 0 Å². The summed E-state index contributed by atoms with van der Waals surface area (Å²) in [6, 6.07) is 7.70. The molecule has 1 aromatic carbocycles. The van der Waals surface area contributed by atoms with Gasteiger partial charge in [-0.15, -0.1) is 0 Å². The lowest BCUT2D eigenvalue weighted by molar-refractivity contribution is 0.0982. The van der Waals surface area contributed by atoms with Crippen LogP contribution in [-0.4, -0.2) is 5.78 Å². The molecule has 1 heteroatoms. The summed E-state index contributed by atoms with van der Waals surface area (Å²) >= 11 is 0. The van der Waals surface area contributed by atoms with E-state index in [0.717, 1.165) is 24.0 Å². The summed E-state index contributed by atoms with van der Waals surface area (Å²) in [4.78, 5) is 11.5. The smallest absolute Gasteiger partial charge is 0.163 e. The molecular formula is C11H10O. The zero-order valence-electron chi connectivity index (χ0n) is 6.84. The number of hydrogen-bond acceptors (Lipinski definition) is 1. The Morgan fingerprint density at radius 1 is 1.25 bits per heavy atom. The Labute approximate surface area is 72.4 Å². The van der Waals surface area contributed by atoms with E-state index < -0.39 is 0 Å². The third-order valence-electron chi connectivity index (χ3n) is 2.12. The second kappa shape index (κ2) is 3.10. The van der Waals surface area contributed by atoms with Gasteiger partial charge < -0.3 is 0 Å². The second-order valence-electron chi connectivity index (χ2n) is 3.00. The van der Waals surface area contributed by atoms with Crippen LogP contribution in [0.1, 0.15) is 35.2 Å². The Morgan fingerprint density at radius 3 is 3.00 bits per heavy atom. The van der Waals surface area contributed by atoms with E-state index in [2.05, 4.69) is 6.42 Å². The maximum Gasteiger partial charge on any atom is 0.163 e. The predicted molar refractivity (Wildman–Crippen MR) is 47.0 cm³/mol. The van der Waals surface area contributed by atoms with Crippen LogP contribution < -0.4 is 0 Å². The maximum atomic E-state index is 11.5. The molecule has 1 aliphatic carbocycles. The Morgan fingerprint density at radius 2 is 2.08 bits per heavy atom. The van der Waals surface area contributed by atoms with Crippen LogP contribution in [0.4, 0.5) is 0 Å². The summed E-state index contributed by atoms with van der Waals surface area (Å²) in [5.74, 6) is 0.260. The number of ketones is 1. The van der Waals surface area contributed by atoms with Crippen molar-refractivity contribution in [1.29, 1.82) is 0 Å². The summed E-state index contributed by atoms with van der Waals surface area (Å²) < 4.78 is 0. The number of carbonyl (C=O) groups excluding carboxylic acids is 1.